The Bertz CT molecular complexity index is 571. The molecule has 0 saturated heterocycles. The summed E-state index contributed by atoms with van der Waals surface area (Å²) in [4.78, 5) is 9.96. The molecule has 10 heteroatoms. The van der Waals surface area contributed by atoms with E-state index in [0.29, 0.717) is 0 Å². The number of rotatable bonds is 5. The van der Waals surface area contributed by atoms with Gasteiger partial charge in [0, 0.05) is 4.90 Å². The van der Waals surface area contributed by atoms with Crippen LogP contribution in [0.3, 0.4) is 0 Å². The zero-order valence-corrected chi connectivity index (χ0v) is 10.8. The van der Waals surface area contributed by atoms with Crippen molar-refractivity contribution in [2.24, 2.45) is 0 Å². The monoisotopic (exact) mass is 315 g/mol. The van der Waals surface area contributed by atoms with Crippen molar-refractivity contribution in [2.45, 2.75) is 10.4 Å². The molecule has 0 atom stereocenters. The minimum Gasteiger partial charge on any atom is -0.480 e. The molecule has 1 aromatic carbocycles. The summed E-state index contributed by atoms with van der Waals surface area (Å²) in [7, 11) is -4.24. The zero-order valence-electron chi connectivity index (χ0n) is 9.14. The van der Waals surface area contributed by atoms with E-state index >= 15 is 0 Å². The number of alkyl halides is 3. The van der Waals surface area contributed by atoms with Crippen molar-refractivity contribution in [2.75, 3.05) is 10.5 Å². The van der Waals surface area contributed by atoms with E-state index in [2.05, 4.69) is 0 Å². The van der Waals surface area contributed by atoms with Crippen molar-refractivity contribution in [1.82, 2.24) is 0 Å². The van der Waals surface area contributed by atoms with E-state index < -0.39 is 39.0 Å². The number of nitrogens with one attached hydrogen (secondary N) is 1. The first-order valence-electron chi connectivity index (χ1n) is 4.66. The molecule has 2 N–H and O–H groups in total. The number of para-hydroxylation sites is 1. The van der Waals surface area contributed by atoms with Crippen LogP contribution in [0.4, 0.5) is 18.9 Å². The maximum atomic E-state index is 12.3. The Balaban J connectivity index is 2.99. The number of carboxylic acid groups (broad SMARTS) is 1. The molecular weight excluding hydrogens is 307 g/mol. The average Bonchev–Trinajstić information content (AvgIpc) is 2.16. The van der Waals surface area contributed by atoms with Crippen molar-refractivity contribution < 1.29 is 31.5 Å². The summed E-state index contributed by atoms with van der Waals surface area (Å²) < 4.78 is 61.3. The first kappa shape index (κ1) is 15.6. The highest BCUT2D eigenvalue weighted by Gasteiger charge is 2.31. The minimum absolute atomic E-state index is 0.314. The van der Waals surface area contributed by atoms with Gasteiger partial charge in [-0.15, -0.1) is 0 Å². The quantitative estimate of drug-likeness (QED) is 0.813. The molecule has 0 spiro atoms. The molecule has 0 amide bonds. The van der Waals surface area contributed by atoms with E-state index in [4.69, 9.17) is 5.11 Å². The second kappa shape index (κ2) is 5.70. The number of aliphatic carboxylic acids is 1. The summed E-state index contributed by atoms with van der Waals surface area (Å²) in [6.07, 6.45) is 0. The van der Waals surface area contributed by atoms with Crippen LogP contribution in [-0.4, -0.2) is 30.8 Å². The molecular formula is C9H8F3NO4S2. The van der Waals surface area contributed by atoms with Gasteiger partial charge in [0.15, 0.2) is 5.75 Å². The van der Waals surface area contributed by atoms with Gasteiger partial charge in [-0.25, -0.2) is 8.42 Å². The Morgan fingerprint density at radius 3 is 2.42 bits per heavy atom. The van der Waals surface area contributed by atoms with Gasteiger partial charge in [-0.3, -0.25) is 9.52 Å². The lowest BCUT2D eigenvalue weighted by Crippen LogP contribution is -2.22. The van der Waals surface area contributed by atoms with Crippen molar-refractivity contribution in [1.29, 1.82) is 0 Å². The number of benzene rings is 1. The van der Waals surface area contributed by atoms with E-state index in [-0.39, 0.29) is 10.6 Å². The zero-order chi connectivity index (χ0) is 14.7. The van der Waals surface area contributed by atoms with Crippen LogP contribution in [0.1, 0.15) is 0 Å². The molecule has 0 bridgehead atoms. The second-order valence-corrected chi connectivity index (χ2v) is 6.13. The van der Waals surface area contributed by atoms with E-state index in [1.807, 2.05) is 4.72 Å². The van der Waals surface area contributed by atoms with Gasteiger partial charge in [0.2, 0.25) is 10.0 Å². The molecule has 19 heavy (non-hydrogen) atoms. The Morgan fingerprint density at radius 1 is 1.32 bits per heavy atom. The number of hydrogen-bond acceptors (Lipinski definition) is 4. The molecule has 1 rings (SSSR count). The fourth-order valence-corrected chi connectivity index (χ4v) is 2.73. The Kier molecular flexibility index (Phi) is 4.69. The van der Waals surface area contributed by atoms with Gasteiger partial charge in [0.1, 0.15) is 0 Å². The number of sulfonamides is 1. The van der Waals surface area contributed by atoms with E-state index in [1.165, 1.54) is 12.1 Å². The van der Waals surface area contributed by atoms with Crippen LogP contribution < -0.4 is 4.72 Å². The topological polar surface area (TPSA) is 83.5 Å². The van der Waals surface area contributed by atoms with Gasteiger partial charge in [-0.1, -0.05) is 12.1 Å². The Hall–Kier alpha value is -1.42. The number of carboxylic acids is 1. The molecule has 0 aliphatic heterocycles. The molecule has 0 saturated carbocycles. The standard InChI is InChI=1S/C9H8F3NO4S2/c10-9(11,12)18-7-4-2-1-3-6(7)13-19(16,17)5-8(14)15/h1-4,13H,5H2,(H,14,15). The molecule has 0 fully saturated rings. The van der Waals surface area contributed by atoms with Gasteiger partial charge >= 0.3 is 11.5 Å². The highest BCUT2D eigenvalue weighted by Crippen LogP contribution is 2.40. The molecule has 0 heterocycles. The second-order valence-electron chi connectivity index (χ2n) is 3.30. The van der Waals surface area contributed by atoms with Crippen molar-refractivity contribution in [3.05, 3.63) is 24.3 Å². The third-order valence-corrected chi connectivity index (χ3v) is 3.66. The molecule has 0 radical (unpaired) electrons. The lowest BCUT2D eigenvalue weighted by atomic mass is 10.3. The normalized spacial score (nSPS) is 12.2. The fourth-order valence-electron chi connectivity index (χ4n) is 1.13. The lowest BCUT2D eigenvalue weighted by molar-refractivity contribution is -0.134. The number of anilines is 1. The fraction of sp³-hybridized carbons (Fsp3) is 0.222. The van der Waals surface area contributed by atoms with E-state index in [0.717, 1.165) is 12.1 Å². The molecule has 0 aliphatic rings. The molecule has 5 nitrogen and oxygen atoms in total. The van der Waals surface area contributed by atoms with Crippen molar-refractivity contribution in [3.8, 4) is 0 Å². The molecule has 1 aromatic rings. The van der Waals surface area contributed by atoms with Crippen molar-refractivity contribution in [3.63, 3.8) is 0 Å². The molecule has 0 aromatic heterocycles. The van der Waals surface area contributed by atoms with Crippen LogP contribution in [0.5, 0.6) is 0 Å². The Labute approximate surface area is 110 Å². The third kappa shape index (κ3) is 5.83. The van der Waals surface area contributed by atoms with Crippen LogP contribution in [-0.2, 0) is 14.8 Å². The number of thioether (sulfide) groups is 1. The van der Waals surface area contributed by atoms with Gasteiger partial charge in [-0.05, 0) is 23.9 Å². The highest BCUT2D eigenvalue weighted by atomic mass is 32.2. The highest BCUT2D eigenvalue weighted by molar-refractivity contribution is 8.00. The molecule has 0 aliphatic carbocycles. The summed E-state index contributed by atoms with van der Waals surface area (Å²) in [5, 5.41) is 8.38. The Morgan fingerprint density at radius 2 is 1.89 bits per heavy atom. The van der Waals surface area contributed by atoms with Crippen LogP contribution in [0, 0.1) is 0 Å². The maximum absolute atomic E-state index is 12.3. The summed E-state index contributed by atoms with van der Waals surface area (Å²) in [5.41, 5.74) is -4.89. The summed E-state index contributed by atoms with van der Waals surface area (Å²) in [6.45, 7) is 0. The summed E-state index contributed by atoms with van der Waals surface area (Å²) >= 11 is -0.487. The van der Waals surface area contributed by atoms with Crippen LogP contribution in [0.15, 0.2) is 29.2 Å². The first-order chi connectivity index (χ1) is 8.59. The van der Waals surface area contributed by atoms with Crippen molar-refractivity contribution >= 4 is 33.4 Å². The number of hydrogen-bond donors (Lipinski definition) is 2. The molecule has 0 unspecified atom stereocenters. The first-order valence-corrected chi connectivity index (χ1v) is 7.13. The predicted molar refractivity (Wildman–Crippen MR) is 63.4 cm³/mol. The van der Waals surface area contributed by atoms with E-state index in [9.17, 15) is 26.4 Å². The number of halogens is 3. The van der Waals surface area contributed by atoms with E-state index in [1.54, 1.807) is 0 Å². The maximum Gasteiger partial charge on any atom is 0.446 e. The smallest absolute Gasteiger partial charge is 0.446 e. The molecule has 106 valence electrons. The van der Waals surface area contributed by atoms with Crippen LogP contribution in [0.25, 0.3) is 0 Å². The minimum atomic E-state index is -4.58. The van der Waals surface area contributed by atoms with Gasteiger partial charge in [-0.2, -0.15) is 13.2 Å². The van der Waals surface area contributed by atoms with Gasteiger partial charge in [0.25, 0.3) is 0 Å². The number of carbonyl (C=O) groups is 1. The largest absolute Gasteiger partial charge is 0.480 e. The third-order valence-electron chi connectivity index (χ3n) is 1.69. The van der Waals surface area contributed by atoms with Gasteiger partial charge < -0.3 is 5.11 Å². The summed E-state index contributed by atoms with van der Waals surface area (Å²) in [6, 6.07) is 4.84. The summed E-state index contributed by atoms with van der Waals surface area (Å²) in [5.74, 6) is -2.83. The van der Waals surface area contributed by atoms with Crippen LogP contribution in [0.2, 0.25) is 0 Å². The van der Waals surface area contributed by atoms with Gasteiger partial charge in [0.05, 0.1) is 5.69 Å². The predicted octanol–water partition coefficient (Wildman–Crippen LogP) is 2.12. The lowest BCUT2D eigenvalue weighted by Gasteiger charge is -2.12. The van der Waals surface area contributed by atoms with Crippen LogP contribution >= 0.6 is 11.8 Å². The SMILES string of the molecule is O=C(O)CS(=O)(=O)Nc1ccccc1SC(F)(F)F. The average molecular weight is 315 g/mol.